The van der Waals surface area contributed by atoms with Crippen LogP contribution in [-0.4, -0.2) is 10.9 Å². The van der Waals surface area contributed by atoms with Crippen molar-refractivity contribution in [1.82, 2.24) is 4.98 Å². The molecule has 0 aliphatic heterocycles. The van der Waals surface area contributed by atoms with Gasteiger partial charge in [-0.2, -0.15) is 0 Å². The lowest BCUT2D eigenvalue weighted by molar-refractivity contribution is 0.0991. The third kappa shape index (κ3) is 1.22. The number of carbonyl (C=O) groups is 1. The van der Waals surface area contributed by atoms with E-state index >= 15 is 0 Å². The number of pyridine rings is 1. The summed E-state index contributed by atoms with van der Waals surface area (Å²) in [7, 11) is 0. The van der Waals surface area contributed by atoms with Crippen LogP contribution in [0.5, 0.6) is 0 Å². The number of aromatic nitrogens is 1. The Morgan fingerprint density at radius 1 is 1.50 bits per heavy atom. The molecule has 0 spiro atoms. The zero-order chi connectivity index (χ0) is 7.40. The molecule has 0 saturated carbocycles. The number of hydrogen-bond acceptors (Lipinski definition) is 3. The van der Waals surface area contributed by atoms with E-state index in [2.05, 4.69) is 10.1 Å². The van der Waals surface area contributed by atoms with Crippen molar-refractivity contribution >= 4 is 5.91 Å². The number of nitrogens with one attached hydrogen (secondary N) is 1. The van der Waals surface area contributed by atoms with Gasteiger partial charge in [0.25, 0.3) is 5.91 Å². The Morgan fingerprint density at radius 3 is 2.60 bits per heavy atom. The highest BCUT2D eigenvalue weighted by Gasteiger charge is 1.99. The summed E-state index contributed by atoms with van der Waals surface area (Å²) >= 11 is 0. The highest BCUT2D eigenvalue weighted by atomic mass is 16.1. The summed E-state index contributed by atoms with van der Waals surface area (Å²) in [5.74, 6) is -0.539. The Balaban J connectivity index is 2.95. The van der Waals surface area contributed by atoms with Gasteiger partial charge in [-0.05, 0) is 12.1 Å². The van der Waals surface area contributed by atoms with Crippen LogP contribution >= 0.6 is 0 Å². The van der Waals surface area contributed by atoms with Crippen LogP contribution in [0.1, 0.15) is 10.4 Å². The molecule has 4 nitrogen and oxygen atoms in total. The molecule has 0 saturated heterocycles. The Bertz CT molecular complexity index is 244. The van der Waals surface area contributed by atoms with Crippen molar-refractivity contribution in [3.8, 4) is 0 Å². The third-order valence-electron chi connectivity index (χ3n) is 1.03. The monoisotopic (exact) mass is 135 g/mol. The molecule has 0 aliphatic rings. The Hall–Kier alpha value is -1.58. The lowest BCUT2D eigenvalue weighted by Gasteiger charge is -1.88. The summed E-state index contributed by atoms with van der Waals surface area (Å²) in [6.07, 6.45) is 2.97. The molecule has 0 aromatic carbocycles. The summed E-state index contributed by atoms with van der Waals surface area (Å²) in [5, 5.41) is 2.74. The molecule has 0 bridgehead atoms. The van der Waals surface area contributed by atoms with Crippen molar-refractivity contribution in [2.45, 2.75) is 0 Å². The maximum Gasteiger partial charge on any atom is 0.294 e. The summed E-state index contributed by atoms with van der Waals surface area (Å²) < 4.78 is 0. The van der Waals surface area contributed by atoms with Crippen molar-refractivity contribution in [2.24, 2.45) is 5.11 Å². The average Bonchev–Trinajstić information content (AvgIpc) is 2.05. The number of amides is 1. The second-order valence-electron chi connectivity index (χ2n) is 1.65. The first-order chi connectivity index (χ1) is 4.84. The fourth-order valence-electron chi connectivity index (χ4n) is 0.559. The molecule has 1 rings (SSSR count). The van der Waals surface area contributed by atoms with Gasteiger partial charge in [0.2, 0.25) is 0 Å². The van der Waals surface area contributed by atoms with Gasteiger partial charge >= 0.3 is 0 Å². The van der Waals surface area contributed by atoms with Crippen LogP contribution in [-0.2, 0) is 0 Å². The first-order valence-corrected chi connectivity index (χ1v) is 2.66. The summed E-state index contributed by atoms with van der Waals surface area (Å²) in [5.41, 5.74) is 6.79. The molecule has 4 heteroatoms. The second-order valence-corrected chi connectivity index (χ2v) is 1.65. The number of carbonyl (C=O) groups excluding carboxylic acids is 1. The van der Waals surface area contributed by atoms with Gasteiger partial charge in [-0.1, -0.05) is 0 Å². The highest BCUT2D eigenvalue weighted by Crippen LogP contribution is 1.97. The minimum Gasteiger partial charge on any atom is -0.265 e. The van der Waals surface area contributed by atoms with Crippen LogP contribution in [0.15, 0.2) is 29.6 Å². The largest absolute Gasteiger partial charge is 0.294 e. The van der Waals surface area contributed by atoms with E-state index in [9.17, 15) is 4.79 Å². The lowest BCUT2D eigenvalue weighted by atomic mass is 10.3. The first-order valence-electron chi connectivity index (χ1n) is 2.66. The van der Waals surface area contributed by atoms with Gasteiger partial charge in [0.05, 0.1) is 0 Å². The lowest BCUT2D eigenvalue weighted by Crippen LogP contribution is -1.91. The molecule has 10 heavy (non-hydrogen) atoms. The van der Waals surface area contributed by atoms with E-state index in [-0.39, 0.29) is 0 Å². The van der Waals surface area contributed by atoms with Gasteiger partial charge in [0.15, 0.2) is 0 Å². The molecule has 0 radical (unpaired) electrons. The smallest absolute Gasteiger partial charge is 0.265 e. The van der Waals surface area contributed by atoms with Crippen LogP contribution in [0, 0.1) is 5.53 Å². The standard InChI is InChI=1S/C6H5N3O/c7-9-6(10)5-1-3-8-4-2-5/h1-4,7H. The van der Waals surface area contributed by atoms with Gasteiger partial charge in [-0.3, -0.25) is 9.78 Å². The number of nitrogens with zero attached hydrogens (tertiary/aromatic N) is 2. The molecular formula is C6H5N3O. The topological polar surface area (TPSA) is 66.2 Å². The maximum absolute atomic E-state index is 10.6. The summed E-state index contributed by atoms with van der Waals surface area (Å²) in [4.78, 5) is 14.3. The minimum atomic E-state index is -0.539. The predicted octanol–water partition coefficient (Wildman–Crippen LogP) is 1.25. The normalized spacial score (nSPS) is 8.80. The van der Waals surface area contributed by atoms with Gasteiger partial charge in [0.1, 0.15) is 0 Å². The van der Waals surface area contributed by atoms with Crippen LogP contribution in [0.2, 0.25) is 0 Å². The van der Waals surface area contributed by atoms with Crippen molar-refractivity contribution in [3.63, 3.8) is 0 Å². The molecule has 1 amide bonds. The zero-order valence-electron chi connectivity index (χ0n) is 5.11. The number of hydrogen-bond donors (Lipinski definition) is 1. The zero-order valence-corrected chi connectivity index (χ0v) is 5.11. The molecule has 1 N–H and O–H groups in total. The molecule has 1 heterocycles. The van der Waals surface area contributed by atoms with Crippen molar-refractivity contribution in [3.05, 3.63) is 30.1 Å². The summed E-state index contributed by atoms with van der Waals surface area (Å²) in [6, 6.07) is 3.03. The quantitative estimate of drug-likeness (QED) is 0.589. The van der Waals surface area contributed by atoms with Crippen LogP contribution in [0.3, 0.4) is 0 Å². The molecule has 1 aromatic rings. The van der Waals surface area contributed by atoms with Crippen molar-refractivity contribution in [1.29, 1.82) is 5.53 Å². The van der Waals surface area contributed by atoms with E-state index in [1.165, 1.54) is 24.5 Å². The maximum atomic E-state index is 10.6. The molecule has 0 aliphatic carbocycles. The van der Waals surface area contributed by atoms with Crippen molar-refractivity contribution < 1.29 is 4.79 Å². The molecule has 0 unspecified atom stereocenters. The molecule has 1 aromatic heterocycles. The Labute approximate surface area is 57.4 Å². The Kier molecular flexibility index (Phi) is 1.84. The van der Waals surface area contributed by atoms with E-state index < -0.39 is 5.91 Å². The summed E-state index contributed by atoms with van der Waals surface area (Å²) in [6.45, 7) is 0. The van der Waals surface area contributed by atoms with Crippen LogP contribution in [0.4, 0.5) is 0 Å². The fourth-order valence-corrected chi connectivity index (χ4v) is 0.559. The first kappa shape index (κ1) is 6.54. The Morgan fingerprint density at radius 2 is 2.10 bits per heavy atom. The average molecular weight is 135 g/mol. The fraction of sp³-hybridized carbons (Fsp3) is 0. The highest BCUT2D eigenvalue weighted by molar-refractivity contribution is 5.94. The van der Waals surface area contributed by atoms with E-state index in [4.69, 9.17) is 5.53 Å². The number of rotatable bonds is 1. The van der Waals surface area contributed by atoms with E-state index in [1.54, 1.807) is 0 Å². The molecule has 50 valence electrons. The minimum absolute atomic E-state index is 0.394. The third-order valence-corrected chi connectivity index (χ3v) is 1.03. The van der Waals surface area contributed by atoms with Gasteiger partial charge in [-0.15, -0.1) is 5.11 Å². The van der Waals surface area contributed by atoms with E-state index in [0.717, 1.165) is 0 Å². The van der Waals surface area contributed by atoms with E-state index in [0.29, 0.717) is 5.56 Å². The van der Waals surface area contributed by atoms with Crippen molar-refractivity contribution in [2.75, 3.05) is 0 Å². The van der Waals surface area contributed by atoms with E-state index in [1.807, 2.05) is 0 Å². The van der Waals surface area contributed by atoms with Gasteiger partial charge in [0, 0.05) is 18.0 Å². The van der Waals surface area contributed by atoms with Gasteiger partial charge in [-0.25, -0.2) is 5.53 Å². The van der Waals surface area contributed by atoms with Gasteiger partial charge < -0.3 is 0 Å². The molecule has 0 atom stereocenters. The second kappa shape index (κ2) is 2.82. The van der Waals surface area contributed by atoms with Crippen LogP contribution in [0.25, 0.3) is 0 Å². The molecule has 0 fully saturated rings. The SMILES string of the molecule is N=NC(=O)c1ccncc1. The molecular weight excluding hydrogens is 130 g/mol. The van der Waals surface area contributed by atoms with Crippen LogP contribution < -0.4 is 0 Å². The predicted molar refractivity (Wildman–Crippen MR) is 33.7 cm³/mol.